The molecule has 2 aromatic heterocycles. The maximum Gasteiger partial charge on any atom is 0.144 e. The van der Waals surface area contributed by atoms with Crippen molar-refractivity contribution in [3.05, 3.63) is 188 Å². The van der Waals surface area contributed by atoms with Crippen LogP contribution in [0.3, 0.4) is 0 Å². The van der Waals surface area contributed by atoms with E-state index in [1.807, 2.05) is 18.2 Å². The minimum absolute atomic E-state index is 0.835. The summed E-state index contributed by atoms with van der Waals surface area (Å²) in [5.74, 6) is 0. The molecular weight excluding hydrogens is 635 g/mol. The summed E-state index contributed by atoms with van der Waals surface area (Å²) in [4.78, 5) is 2.33. The van der Waals surface area contributed by atoms with Gasteiger partial charge in [-0.25, -0.2) is 0 Å². The molecule has 2 heterocycles. The molecule has 0 aliphatic rings. The smallest absolute Gasteiger partial charge is 0.144 e. The molecule has 0 saturated heterocycles. The lowest BCUT2D eigenvalue weighted by Gasteiger charge is -2.26. The second-order valence-electron chi connectivity index (χ2n) is 13.4. The summed E-state index contributed by atoms with van der Waals surface area (Å²) in [7, 11) is 0. The van der Waals surface area contributed by atoms with Gasteiger partial charge in [0.25, 0.3) is 0 Å². The highest BCUT2D eigenvalue weighted by molar-refractivity contribution is 6.23. The lowest BCUT2D eigenvalue weighted by atomic mass is 9.96. The van der Waals surface area contributed by atoms with Crippen LogP contribution in [0.2, 0.25) is 0 Å². The molecule has 3 heteroatoms. The van der Waals surface area contributed by atoms with E-state index < -0.39 is 0 Å². The van der Waals surface area contributed by atoms with Crippen LogP contribution >= 0.6 is 0 Å². The van der Waals surface area contributed by atoms with E-state index in [1.165, 1.54) is 27.8 Å². The van der Waals surface area contributed by atoms with E-state index in [1.54, 1.807) is 0 Å². The number of nitrogens with zero attached hydrogens (tertiary/aromatic N) is 1. The third kappa shape index (κ3) is 4.98. The molecule has 0 unspecified atom stereocenters. The van der Waals surface area contributed by atoms with Crippen molar-refractivity contribution in [2.45, 2.75) is 6.92 Å². The molecule has 0 radical (unpaired) electrons. The van der Waals surface area contributed by atoms with E-state index in [2.05, 4.69) is 176 Å². The van der Waals surface area contributed by atoms with Crippen molar-refractivity contribution in [2.24, 2.45) is 0 Å². The second kappa shape index (κ2) is 12.2. The van der Waals surface area contributed by atoms with Crippen LogP contribution in [0.4, 0.5) is 17.1 Å². The molecule has 0 saturated carbocycles. The Labute approximate surface area is 301 Å². The number of rotatable bonds is 6. The van der Waals surface area contributed by atoms with E-state index in [4.69, 9.17) is 8.83 Å². The van der Waals surface area contributed by atoms with Gasteiger partial charge in [-0.3, -0.25) is 0 Å². The van der Waals surface area contributed by atoms with Crippen LogP contribution in [0, 0.1) is 6.92 Å². The Morgan fingerprint density at radius 3 is 1.69 bits per heavy atom. The number of benzene rings is 8. The molecule has 0 amide bonds. The number of hydrogen-bond donors (Lipinski definition) is 0. The van der Waals surface area contributed by atoms with Gasteiger partial charge < -0.3 is 13.7 Å². The lowest BCUT2D eigenvalue weighted by molar-refractivity contribution is 0.664. The number of aryl methyl sites for hydroxylation is 1. The Balaban J connectivity index is 1.17. The van der Waals surface area contributed by atoms with Gasteiger partial charge in [0.15, 0.2) is 0 Å². The summed E-state index contributed by atoms with van der Waals surface area (Å²) >= 11 is 0. The van der Waals surface area contributed by atoms with Gasteiger partial charge in [-0.05, 0) is 94.9 Å². The van der Waals surface area contributed by atoms with Crippen molar-refractivity contribution in [2.75, 3.05) is 4.90 Å². The predicted molar refractivity (Wildman–Crippen MR) is 217 cm³/mol. The summed E-state index contributed by atoms with van der Waals surface area (Å²) in [5.41, 5.74) is 14.8. The Morgan fingerprint density at radius 2 is 0.962 bits per heavy atom. The van der Waals surface area contributed by atoms with Crippen LogP contribution in [0.15, 0.2) is 191 Å². The van der Waals surface area contributed by atoms with Crippen LogP contribution < -0.4 is 4.90 Å². The summed E-state index contributed by atoms with van der Waals surface area (Å²) in [6.45, 7) is 2.16. The number of fused-ring (bicyclic) bond motifs is 6. The minimum atomic E-state index is 0.835. The molecule has 3 nitrogen and oxygen atoms in total. The maximum atomic E-state index is 6.79. The topological polar surface area (TPSA) is 29.5 Å². The lowest BCUT2D eigenvalue weighted by Crippen LogP contribution is -2.09. The first kappa shape index (κ1) is 30.0. The molecular formula is C49H33NO2. The van der Waals surface area contributed by atoms with Crippen LogP contribution in [0.5, 0.6) is 0 Å². The average molecular weight is 668 g/mol. The molecule has 0 fully saturated rings. The quantitative estimate of drug-likeness (QED) is 0.177. The Kier molecular flexibility index (Phi) is 7.04. The predicted octanol–water partition coefficient (Wildman–Crippen LogP) is 14.3. The summed E-state index contributed by atoms with van der Waals surface area (Å²) < 4.78 is 13.3. The highest BCUT2D eigenvalue weighted by Crippen LogP contribution is 2.46. The van der Waals surface area contributed by atoms with Crippen molar-refractivity contribution in [1.29, 1.82) is 0 Å². The van der Waals surface area contributed by atoms with E-state index in [9.17, 15) is 0 Å². The summed E-state index contributed by atoms with van der Waals surface area (Å²) in [6, 6.07) is 64.2. The zero-order valence-corrected chi connectivity index (χ0v) is 28.6. The molecule has 246 valence electrons. The molecule has 52 heavy (non-hydrogen) atoms. The summed E-state index contributed by atoms with van der Waals surface area (Å²) in [6.07, 6.45) is 0. The van der Waals surface area contributed by atoms with Gasteiger partial charge in [0.05, 0.1) is 0 Å². The molecule has 0 bridgehead atoms. The normalized spacial score (nSPS) is 11.6. The number of hydrogen-bond acceptors (Lipinski definition) is 3. The standard InChI is InChI=1S/C49H33NO2/c1-32-12-8-9-17-40(32)35-22-26-38(27-23-35)50(37-24-20-34(21-25-37)33-13-4-2-5-14-33)39-28-29-45-42(30-39)43-31-46-48(41-18-10-11-19-44(41)51-46)47(49(43)52-45)36-15-6-3-7-16-36/h2-31H,1H3. The van der Waals surface area contributed by atoms with Crippen LogP contribution in [0.25, 0.3) is 77.3 Å². The maximum absolute atomic E-state index is 6.79. The molecule has 0 spiro atoms. The van der Waals surface area contributed by atoms with Crippen molar-refractivity contribution < 1.29 is 8.83 Å². The third-order valence-corrected chi connectivity index (χ3v) is 10.2. The van der Waals surface area contributed by atoms with Crippen LogP contribution in [0.1, 0.15) is 5.56 Å². The fourth-order valence-corrected chi connectivity index (χ4v) is 7.69. The first-order valence-corrected chi connectivity index (χ1v) is 17.7. The van der Waals surface area contributed by atoms with Gasteiger partial charge in [0.2, 0.25) is 0 Å². The third-order valence-electron chi connectivity index (χ3n) is 10.2. The first-order valence-electron chi connectivity index (χ1n) is 17.7. The van der Waals surface area contributed by atoms with Gasteiger partial charge >= 0.3 is 0 Å². The van der Waals surface area contributed by atoms with E-state index in [0.717, 1.165) is 72.1 Å². The zero-order chi connectivity index (χ0) is 34.6. The van der Waals surface area contributed by atoms with Gasteiger partial charge in [-0.15, -0.1) is 0 Å². The first-order chi connectivity index (χ1) is 25.7. The zero-order valence-electron chi connectivity index (χ0n) is 28.6. The van der Waals surface area contributed by atoms with E-state index in [0.29, 0.717) is 0 Å². The molecule has 0 aliphatic heterocycles. The van der Waals surface area contributed by atoms with Crippen molar-refractivity contribution in [3.63, 3.8) is 0 Å². The number of anilines is 3. The highest BCUT2D eigenvalue weighted by atomic mass is 16.3. The molecule has 0 aliphatic carbocycles. The number of para-hydroxylation sites is 1. The van der Waals surface area contributed by atoms with Gasteiger partial charge in [-0.1, -0.05) is 127 Å². The number of furan rings is 2. The fraction of sp³-hybridized carbons (Fsp3) is 0.0204. The van der Waals surface area contributed by atoms with Crippen LogP contribution in [-0.4, -0.2) is 0 Å². The second-order valence-corrected chi connectivity index (χ2v) is 13.4. The van der Waals surface area contributed by atoms with E-state index >= 15 is 0 Å². The van der Waals surface area contributed by atoms with Crippen molar-refractivity contribution in [1.82, 2.24) is 0 Å². The van der Waals surface area contributed by atoms with Crippen molar-refractivity contribution in [3.8, 4) is 33.4 Å². The average Bonchev–Trinajstić information content (AvgIpc) is 3.76. The largest absolute Gasteiger partial charge is 0.456 e. The van der Waals surface area contributed by atoms with Crippen molar-refractivity contribution >= 4 is 60.9 Å². The molecule has 0 N–H and O–H groups in total. The Hall–Kier alpha value is -6.84. The SMILES string of the molecule is Cc1ccccc1-c1ccc(N(c2ccc(-c3ccccc3)cc2)c2ccc3oc4c(-c5ccccc5)c5c(cc4c3c2)oc2ccccc25)cc1. The highest BCUT2D eigenvalue weighted by Gasteiger charge is 2.22. The fourth-order valence-electron chi connectivity index (χ4n) is 7.69. The molecule has 0 atom stereocenters. The van der Waals surface area contributed by atoms with Crippen LogP contribution in [-0.2, 0) is 0 Å². The summed E-state index contributed by atoms with van der Waals surface area (Å²) in [5, 5.41) is 4.21. The van der Waals surface area contributed by atoms with Gasteiger partial charge in [0.1, 0.15) is 22.3 Å². The molecule has 8 aromatic carbocycles. The molecule has 10 aromatic rings. The van der Waals surface area contributed by atoms with Gasteiger partial charge in [0, 0.05) is 44.2 Å². The monoisotopic (exact) mass is 667 g/mol. The Morgan fingerprint density at radius 1 is 0.385 bits per heavy atom. The van der Waals surface area contributed by atoms with E-state index in [-0.39, 0.29) is 0 Å². The van der Waals surface area contributed by atoms with Gasteiger partial charge in [-0.2, -0.15) is 0 Å². The Bertz CT molecular complexity index is 2880. The minimum Gasteiger partial charge on any atom is -0.456 e. The molecule has 10 rings (SSSR count).